The van der Waals surface area contributed by atoms with Crippen LogP contribution in [0.25, 0.3) is 0 Å². The number of urea groups is 1. The molecule has 1 rings (SSSR count). The van der Waals surface area contributed by atoms with Crippen molar-refractivity contribution in [3.8, 4) is 11.5 Å². The Morgan fingerprint density at radius 3 is 2.48 bits per heavy atom. The van der Waals surface area contributed by atoms with Crippen molar-refractivity contribution in [1.82, 2.24) is 15.5 Å². The van der Waals surface area contributed by atoms with Crippen LogP contribution in [0.1, 0.15) is 19.4 Å². The van der Waals surface area contributed by atoms with Gasteiger partial charge in [-0.05, 0) is 27.0 Å². The first kappa shape index (κ1) is 18.8. The maximum atomic E-state index is 11.8. The van der Waals surface area contributed by atoms with Gasteiger partial charge in [-0.15, -0.1) is 0 Å². The lowest BCUT2D eigenvalue weighted by Gasteiger charge is -2.19. The molecule has 7 heteroatoms. The zero-order chi connectivity index (χ0) is 17.4. The van der Waals surface area contributed by atoms with Crippen molar-refractivity contribution in [2.45, 2.75) is 26.4 Å². The number of carbonyl (C=O) groups is 2. The Balaban J connectivity index is 2.61. The average Bonchev–Trinajstić information content (AvgIpc) is 2.45. The average molecular weight is 323 g/mol. The van der Waals surface area contributed by atoms with Crippen LogP contribution < -0.4 is 20.1 Å². The molecular weight excluding hydrogens is 298 g/mol. The monoisotopic (exact) mass is 323 g/mol. The molecule has 2 N–H and O–H groups in total. The third-order valence-corrected chi connectivity index (χ3v) is 3.01. The summed E-state index contributed by atoms with van der Waals surface area (Å²) in [6.45, 7) is 4.22. The van der Waals surface area contributed by atoms with E-state index in [1.807, 2.05) is 32.0 Å². The fourth-order valence-electron chi connectivity index (χ4n) is 2.13. The molecule has 0 saturated carbocycles. The first-order chi connectivity index (χ1) is 10.9. The quantitative estimate of drug-likeness (QED) is 0.792. The number of likely N-dealkylation sites (N-methyl/N-ethyl adjacent to an activating group) is 1. The van der Waals surface area contributed by atoms with Gasteiger partial charge < -0.3 is 14.8 Å². The van der Waals surface area contributed by atoms with Gasteiger partial charge in [0, 0.05) is 18.2 Å². The summed E-state index contributed by atoms with van der Waals surface area (Å²) in [7, 11) is 4.94. The highest BCUT2D eigenvalue weighted by Gasteiger charge is 2.14. The SMILES string of the molecule is COc1cccc(CN(C)CC(=O)NC(=O)NC(C)C)c1OC. The molecule has 0 unspecified atom stereocenters. The van der Waals surface area contributed by atoms with Gasteiger partial charge in [-0.25, -0.2) is 4.79 Å². The number of benzene rings is 1. The maximum absolute atomic E-state index is 11.8. The highest BCUT2D eigenvalue weighted by Crippen LogP contribution is 2.31. The molecule has 0 bridgehead atoms. The second-order valence-electron chi connectivity index (χ2n) is 5.50. The molecule has 7 nitrogen and oxygen atoms in total. The van der Waals surface area contributed by atoms with Crippen LogP contribution in [0.3, 0.4) is 0 Å². The van der Waals surface area contributed by atoms with Gasteiger partial charge in [0.25, 0.3) is 0 Å². The number of nitrogens with zero attached hydrogens (tertiary/aromatic N) is 1. The highest BCUT2D eigenvalue weighted by molar-refractivity contribution is 5.95. The van der Waals surface area contributed by atoms with E-state index in [2.05, 4.69) is 10.6 Å². The van der Waals surface area contributed by atoms with Crippen molar-refractivity contribution < 1.29 is 19.1 Å². The molecule has 3 amide bonds. The van der Waals surface area contributed by atoms with Crippen LogP contribution in [0.5, 0.6) is 11.5 Å². The van der Waals surface area contributed by atoms with E-state index in [1.165, 1.54) is 0 Å². The van der Waals surface area contributed by atoms with Crippen molar-refractivity contribution in [2.75, 3.05) is 27.8 Å². The summed E-state index contributed by atoms with van der Waals surface area (Å²) in [6, 6.07) is 5.06. The van der Waals surface area contributed by atoms with Crippen LogP contribution in [0.15, 0.2) is 18.2 Å². The molecular formula is C16H25N3O4. The van der Waals surface area contributed by atoms with Crippen molar-refractivity contribution in [3.63, 3.8) is 0 Å². The summed E-state index contributed by atoms with van der Waals surface area (Å²) in [5, 5.41) is 4.90. The zero-order valence-corrected chi connectivity index (χ0v) is 14.3. The highest BCUT2D eigenvalue weighted by atomic mass is 16.5. The smallest absolute Gasteiger partial charge is 0.321 e. The number of nitrogens with one attached hydrogen (secondary N) is 2. The van der Waals surface area contributed by atoms with Gasteiger partial charge in [-0.2, -0.15) is 0 Å². The second kappa shape index (κ2) is 8.99. The standard InChI is InChI=1S/C16H25N3O4/c1-11(2)17-16(21)18-14(20)10-19(3)9-12-7-6-8-13(22-4)15(12)23-5/h6-8,11H,9-10H2,1-5H3,(H2,17,18,20,21). The van der Waals surface area contributed by atoms with E-state index >= 15 is 0 Å². The molecule has 0 radical (unpaired) electrons. The van der Waals surface area contributed by atoms with Crippen LogP contribution >= 0.6 is 0 Å². The van der Waals surface area contributed by atoms with Crippen molar-refractivity contribution in [2.24, 2.45) is 0 Å². The first-order valence-corrected chi connectivity index (χ1v) is 7.36. The molecule has 0 aromatic heterocycles. The first-order valence-electron chi connectivity index (χ1n) is 7.36. The molecule has 0 fully saturated rings. The Hall–Kier alpha value is -2.28. The van der Waals surface area contributed by atoms with E-state index in [4.69, 9.17) is 9.47 Å². The molecule has 0 spiro atoms. The molecule has 0 atom stereocenters. The number of imide groups is 1. The third-order valence-electron chi connectivity index (χ3n) is 3.01. The Bertz CT molecular complexity index is 546. The normalized spacial score (nSPS) is 10.6. The fourth-order valence-corrected chi connectivity index (χ4v) is 2.13. The Kier molecular flexibility index (Phi) is 7.34. The Morgan fingerprint density at radius 2 is 1.91 bits per heavy atom. The van der Waals surface area contributed by atoms with Crippen molar-refractivity contribution in [1.29, 1.82) is 0 Å². The van der Waals surface area contributed by atoms with Crippen LogP contribution in [0.4, 0.5) is 4.79 Å². The summed E-state index contributed by atoms with van der Waals surface area (Å²) < 4.78 is 10.6. The number of ether oxygens (including phenoxy) is 2. The van der Waals surface area contributed by atoms with Crippen molar-refractivity contribution >= 4 is 11.9 Å². The minimum absolute atomic E-state index is 0.0263. The van der Waals surface area contributed by atoms with Gasteiger partial charge in [0.1, 0.15) is 0 Å². The molecule has 23 heavy (non-hydrogen) atoms. The molecule has 0 saturated heterocycles. The number of para-hydroxylation sites is 1. The van der Waals surface area contributed by atoms with Crippen molar-refractivity contribution in [3.05, 3.63) is 23.8 Å². The maximum Gasteiger partial charge on any atom is 0.321 e. The van der Waals surface area contributed by atoms with E-state index in [1.54, 1.807) is 26.2 Å². The van der Waals surface area contributed by atoms with E-state index in [9.17, 15) is 9.59 Å². The van der Waals surface area contributed by atoms with Crippen LogP contribution in [0, 0.1) is 0 Å². The number of methoxy groups -OCH3 is 2. The number of hydrogen-bond donors (Lipinski definition) is 2. The molecule has 0 aliphatic carbocycles. The molecule has 1 aromatic carbocycles. The molecule has 1 aromatic rings. The van der Waals surface area contributed by atoms with E-state index in [-0.39, 0.29) is 18.5 Å². The molecule has 0 aliphatic rings. The molecule has 128 valence electrons. The predicted octanol–water partition coefficient (Wildman–Crippen LogP) is 1.37. The lowest BCUT2D eigenvalue weighted by atomic mass is 10.1. The minimum Gasteiger partial charge on any atom is -0.493 e. The number of carbonyl (C=O) groups excluding carboxylic acids is 2. The van der Waals surface area contributed by atoms with Gasteiger partial charge in [0.2, 0.25) is 5.91 Å². The van der Waals surface area contributed by atoms with E-state index < -0.39 is 6.03 Å². The van der Waals surface area contributed by atoms with Crippen LogP contribution in [-0.4, -0.2) is 50.7 Å². The van der Waals surface area contributed by atoms with Gasteiger partial charge in [0.15, 0.2) is 11.5 Å². The number of hydrogen-bond acceptors (Lipinski definition) is 5. The topological polar surface area (TPSA) is 79.9 Å². The van der Waals surface area contributed by atoms with Gasteiger partial charge in [-0.3, -0.25) is 15.0 Å². The van der Waals surface area contributed by atoms with Crippen LogP contribution in [0.2, 0.25) is 0 Å². The van der Waals surface area contributed by atoms with Crippen LogP contribution in [-0.2, 0) is 11.3 Å². The summed E-state index contributed by atoms with van der Waals surface area (Å²) in [5.74, 6) is 0.909. The van der Waals surface area contributed by atoms with E-state index in [0.717, 1.165) is 5.56 Å². The van der Waals surface area contributed by atoms with Gasteiger partial charge >= 0.3 is 6.03 Å². The predicted molar refractivity (Wildman–Crippen MR) is 87.7 cm³/mol. The summed E-state index contributed by atoms with van der Waals surface area (Å²) in [5.41, 5.74) is 0.897. The fraction of sp³-hybridized carbons (Fsp3) is 0.500. The zero-order valence-electron chi connectivity index (χ0n) is 14.3. The number of rotatable bonds is 7. The van der Waals surface area contributed by atoms with Gasteiger partial charge in [0.05, 0.1) is 20.8 Å². The second-order valence-corrected chi connectivity index (χ2v) is 5.50. The lowest BCUT2D eigenvalue weighted by molar-refractivity contribution is -0.121. The Labute approximate surface area is 136 Å². The lowest BCUT2D eigenvalue weighted by Crippen LogP contribution is -2.45. The minimum atomic E-state index is -0.489. The van der Waals surface area contributed by atoms with E-state index in [0.29, 0.717) is 18.0 Å². The largest absolute Gasteiger partial charge is 0.493 e. The molecule has 0 heterocycles. The Morgan fingerprint density at radius 1 is 1.22 bits per heavy atom. The summed E-state index contributed by atoms with van der Waals surface area (Å²) in [6.07, 6.45) is 0. The summed E-state index contributed by atoms with van der Waals surface area (Å²) >= 11 is 0. The summed E-state index contributed by atoms with van der Waals surface area (Å²) in [4.78, 5) is 25.1. The number of amides is 3. The molecule has 0 aliphatic heterocycles. The van der Waals surface area contributed by atoms with Gasteiger partial charge in [-0.1, -0.05) is 12.1 Å². The third kappa shape index (κ3) is 6.15.